The lowest BCUT2D eigenvalue weighted by atomic mass is 10.0. The molecule has 4 heteroatoms. The van der Waals surface area contributed by atoms with E-state index in [1.54, 1.807) is 0 Å². The van der Waals surface area contributed by atoms with Crippen LogP contribution in [-0.4, -0.2) is 25.9 Å². The van der Waals surface area contributed by atoms with E-state index in [9.17, 15) is 0 Å². The average Bonchev–Trinajstić information content (AvgIpc) is 3.22. The maximum atomic E-state index is 5.87. The number of furan rings is 1. The van der Waals surface area contributed by atoms with Crippen LogP contribution in [0.25, 0.3) is 0 Å². The summed E-state index contributed by atoms with van der Waals surface area (Å²) < 4.78 is 17.0. The van der Waals surface area contributed by atoms with Crippen molar-refractivity contribution in [2.24, 2.45) is 5.92 Å². The van der Waals surface area contributed by atoms with E-state index >= 15 is 0 Å². The van der Waals surface area contributed by atoms with Crippen molar-refractivity contribution in [2.75, 3.05) is 19.8 Å². The zero-order valence-corrected chi connectivity index (χ0v) is 12.3. The van der Waals surface area contributed by atoms with Gasteiger partial charge >= 0.3 is 0 Å². The van der Waals surface area contributed by atoms with Gasteiger partial charge in [-0.15, -0.1) is 0 Å². The molecule has 0 radical (unpaired) electrons. The lowest BCUT2D eigenvalue weighted by molar-refractivity contribution is 0.0117. The van der Waals surface area contributed by atoms with Crippen LogP contribution in [0.4, 0.5) is 0 Å². The molecule has 0 spiro atoms. The van der Waals surface area contributed by atoms with Crippen molar-refractivity contribution >= 4 is 0 Å². The van der Waals surface area contributed by atoms with E-state index in [4.69, 9.17) is 13.9 Å². The Balaban J connectivity index is 1.41. The summed E-state index contributed by atoms with van der Waals surface area (Å²) in [5.74, 6) is 2.65. The molecule has 0 aromatic carbocycles. The fourth-order valence-corrected chi connectivity index (χ4v) is 2.60. The van der Waals surface area contributed by atoms with E-state index in [0.717, 1.165) is 50.7 Å². The van der Waals surface area contributed by atoms with Gasteiger partial charge in [-0.1, -0.05) is 0 Å². The van der Waals surface area contributed by atoms with Gasteiger partial charge in [-0.2, -0.15) is 0 Å². The summed E-state index contributed by atoms with van der Waals surface area (Å²) in [6.07, 6.45) is 4.85. The van der Waals surface area contributed by atoms with E-state index in [1.165, 1.54) is 18.4 Å². The fourth-order valence-electron chi connectivity index (χ4n) is 2.60. The minimum absolute atomic E-state index is 0.585. The molecule has 2 heterocycles. The van der Waals surface area contributed by atoms with Crippen LogP contribution < -0.4 is 5.32 Å². The second-order valence-electron chi connectivity index (χ2n) is 6.04. The molecule has 2 aliphatic rings. The highest BCUT2D eigenvalue weighted by Crippen LogP contribution is 2.22. The van der Waals surface area contributed by atoms with Gasteiger partial charge < -0.3 is 19.2 Å². The molecule has 1 saturated heterocycles. The highest BCUT2D eigenvalue weighted by Gasteiger charge is 2.21. The second-order valence-corrected chi connectivity index (χ2v) is 6.04. The van der Waals surface area contributed by atoms with Crippen LogP contribution in [0.5, 0.6) is 0 Å². The Hall–Kier alpha value is -0.840. The highest BCUT2D eigenvalue weighted by atomic mass is 16.5. The van der Waals surface area contributed by atoms with Crippen molar-refractivity contribution in [1.29, 1.82) is 0 Å². The van der Waals surface area contributed by atoms with Crippen LogP contribution in [0.3, 0.4) is 0 Å². The first-order valence-corrected chi connectivity index (χ1v) is 7.78. The third-order valence-electron chi connectivity index (χ3n) is 4.14. The molecule has 4 nitrogen and oxygen atoms in total. The maximum Gasteiger partial charge on any atom is 0.130 e. The van der Waals surface area contributed by atoms with E-state index in [-0.39, 0.29) is 0 Å². The van der Waals surface area contributed by atoms with Crippen LogP contribution in [0.1, 0.15) is 42.8 Å². The lowest BCUT2D eigenvalue weighted by Crippen LogP contribution is -2.20. The SMILES string of the molecule is Cc1cc(COCC2CCOCC2)oc1CNC1CC1. The molecule has 0 atom stereocenters. The van der Waals surface area contributed by atoms with Gasteiger partial charge in [0.15, 0.2) is 0 Å². The summed E-state index contributed by atoms with van der Waals surface area (Å²) in [5.41, 5.74) is 1.22. The zero-order chi connectivity index (χ0) is 13.8. The largest absolute Gasteiger partial charge is 0.462 e. The summed E-state index contributed by atoms with van der Waals surface area (Å²) in [4.78, 5) is 0. The van der Waals surface area contributed by atoms with Gasteiger partial charge in [-0.05, 0) is 50.2 Å². The first kappa shape index (κ1) is 14.1. The Morgan fingerprint density at radius 1 is 1.25 bits per heavy atom. The quantitative estimate of drug-likeness (QED) is 0.833. The van der Waals surface area contributed by atoms with Crippen LogP contribution in [-0.2, 0) is 22.6 Å². The van der Waals surface area contributed by atoms with Gasteiger partial charge in [0.25, 0.3) is 0 Å². The molecule has 20 heavy (non-hydrogen) atoms. The number of nitrogens with one attached hydrogen (secondary N) is 1. The molecule has 0 unspecified atom stereocenters. The Morgan fingerprint density at radius 3 is 2.80 bits per heavy atom. The lowest BCUT2D eigenvalue weighted by Gasteiger charge is -2.21. The minimum Gasteiger partial charge on any atom is -0.462 e. The van der Waals surface area contributed by atoms with Gasteiger partial charge in [0.2, 0.25) is 0 Å². The Bertz CT molecular complexity index is 419. The van der Waals surface area contributed by atoms with Gasteiger partial charge in [-0.3, -0.25) is 0 Å². The Labute approximate surface area is 120 Å². The average molecular weight is 279 g/mol. The van der Waals surface area contributed by atoms with Crippen molar-refractivity contribution in [3.8, 4) is 0 Å². The molecular weight excluding hydrogens is 254 g/mol. The van der Waals surface area contributed by atoms with Gasteiger partial charge in [0.1, 0.15) is 18.1 Å². The van der Waals surface area contributed by atoms with Gasteiger partial charge in [0.05, 0.1) is 13.2 Å². The summed E-state index contributed by atoms with van der Waals surface area (Å²) in [6, 6.07) is 2.82. The summed E-state index contributed by atoms with van der Waals surface area (Å²) in [6.45, 7) is 6.11. The monoisotopic (exact) mass is 279 g/mol. The van der Waals surface area contributed by atoms with E-state index in [1.807, 2.05) is 0 Å². The highest BCUT2D eigenvalue weighted by molar-refractivity contribution is 5.19. The topological polar surface area (TPSA) is 43.6 Å². The number of hydrogen-bond donors (Lipinski definition) is 1. The summed E-state index contributed by atoms with van der Waals surface area (Å²) >= 11 is 0. The van der Waals surface area contributed by atoms with Crippen molar-refractivity contribution < 1.29 is 13.9 Å². The van der Waals surface area contributed by atoms with Crippen LogP contribution >= 0.6 is 0 Å². The molecular formula is C16H25NO3. The second kappa shape index (κ2) is 6.74. The summed E-state index contributed by atoms with van der Waals surface area (Å²) in [5, 5.41) is 3.49. The Kier molecular flexibility index (Phi) is 4.76. The first-order valence-electron chi connectivity index (χ1n) is 7.78. The Morgan fingerprint density at radius 2 is 2.05 bits per heavy atom. The number of hydrogen-bond acceptors (Lipinski definition) is 4. The zero-order valence-electron chi connectivity index (χ0n) is 12.3. The van der Waals surface area contributed by atoms with Crippen LogP contribution in [0, 0.1) is 12.8 Å². The molecule has 1 N–H and O–H groups in total. The molecule has 1 aromatic heterocycles. The molecule has 0 bridgehead atoms. The molecule has 1 aliphatic heterocycles. The number of rotatable bonds is 7. The minimum atomic E-state index is 0.585. The van der Waals surface area contributed by atoms with Crippen molar-refractivity contribution in [1.82, 2.24) is 5.32 Å². The van der Waals surface area contributed by atoms with Gasteiger partial charge in [-0.25, -0.2) is 0 Å². The maximum absolute atomic E-state index is 5.87. The molecule has 0 amide bonds. The molecule has 2 fully saturated rings. The fraction of sp³-hybridized carbons (Fsp3) is 0.750. The van der Waals surface area contributed by atoms with Crippen molar-refractivity contribution in [3.63, 3.8) is 0 Å². The van der Waals surface area contributed by atoms with Crippen molar-refractivity contribution in [2.45, 2.75) is 51.8 Å². The molecule has 112 valence electrons. The summed E-state index contributed by atoms with van der Waals surface area (Å²) in [7, 11) is 0. The predicted molar refractivity (Wildman–Crippen MR) is 76.5 cm³/mol. The van der Waals surface area contributed by atoms with Crippen LogP contribution in [0.2, 0.25) is 0 Å². The third-order valence-corrected chi connectivity index (χ3v) is 4.14. The smallest absolute Gasteiger partial charge is 0.130 e. The molecule has 3 rings (SSSR count). The normalized spacial score (nSPS) is 20.4. The van der Waals surface area contributed by atoms with E-state index < -0.39 is 0 Å². The number of aryl methyl sites for hydroxylation is 1. The van der Waals surface area contributed by atoms with Crippen molar-refractivity contribution in [3.05, 3.63) is 23.2 Å². The standard InChI is InChI=1S/C16H25NO3/c1-12-8-15(20-16(12)9-17-14-2-3-14)11-19-10-13-4-6-18-7-5-13/h8,13-14,17H,2-7,9-11H2,1H3. The first-order chi connectivity index (χ1) is 9.81. The third kappa shape index (κ3) is 4.08. The number of ether oxygens (including phenoxy) is 2. The molecule has 1 aromatic rings. The van der Waals surface area contributed by atoms with Gasteiger partial charge in [0, 0.05) is 19.3 Å². The van der Waals surface area contributed by atoms with Crippen LogP contribution in [0.15, 0.2) is 10.5 Å². The predicted octanol–water partition coefficient (Wildman–Crippen LogP) is 2.78. The molecule has 1 aliphatic carbocycles. The van der Waals surface area contributed by atoms with E-state index in [0.29, 0.717) is 18.6 Å². The molecule has 1 saturated carbocycles. The van der Waals surface area contributed by atoms with E-state index in [2.05, 4.69) is 18.3 Å².